The summed E-state index contributed by atoms with van der Waals surface area (Å²) < 4.78 is 5.08. The van der Waals surface area contributed by atoms with Crippen LogP contribution in [0.4, 0.5) is 0 Å². The molecule has 0 radical (unpaired) electrons. The van der Waals surface area contributed by atoms with E-state index >= 15 is 0 Å². The Bertz CT molecular complexity index is 248. The molecular weight excluding hydrogens is 216 g/mol. The maximum absolute atomic E-state index is 12.2. The van der Waals surface area contributed by atoms with Gasteiger partial charge < -0.3 is 15.0 Å². The Labute approximate surface area is 104 Å². The van der Waals surface area contributed by atoms with E-state index in [4.69, 9.17) is 4.74 Å². The van der Waals surface area contributed by atoms with Gasteiger partial charge in [0.25, 0.3) is 0 Å². The Morgan fingerprint density at radius 2 is 2.24 bits per heavy atom. The number of rotatable bonds is 6. The fourth-order valence-electron chi connectivity index (χ4n) is 2.55. The number of carbonyl (C=O) groups is 1. The molecule has 0 aromatic carbocycles. The van der Waals surface area contributed by atoms with Crippen molar-refractivity contribution in [2.75, 3.05) is 33.4 Å². The van der Waals surface area contributed by atoms with E-state index in [0.717, 1.165) is 19.6 Å². The lowest BCUT2D eigenvalue weighted by Gasteiger charge is -2.27. The molecule has 98 valence electrons. The molecule has 2 fully saturated rings. The fourth-order valence-corrected chi connectivity index (χ4v) is 2.55. The van der Waals surface area contributed by atoms with E-state index in [9.17, 15) is 4.79 Å². The molecule has 1 saturated heterocycles. The van der Waals surface area contributed by atoms with E-state index in [-0.39, 0.29) is 0 Å². The summed E-state index contributed by atoms with van der Waals surface area (Å²) in [6, 6.07) is 0.509. The first kappa shape index (κ1) is 12.8. The van der Waals surface area contributed by atoms with E-state index in [1.807, 2.05) is 4.90 Å². The SMILES string of the molecule is COCCN(C(=O)CC1CCCNC1)C1CC1. The molecule has 1 unspecified atom stereocenters. The van der Waals surface area contributed by atoms with Gasteiger partial charge in [0.15, 0.2) is 0 Å². The van der Waals surface area contributed by atoms with Crippen LogP contribution in [-0.2, 0) is 9.53 Å². The van der Waals surface area contributed by atoms with Crippen molar-refractivity contribution in [1.29, 1.82) is 0 Å². The minimum atomic E-state index is 0.332. The maximum Gasteiger partial charge on any atom is 0.223 e. The second-order valence-electron chi connectivity index (χ2n) is 5.23. The standard InChI is InChI=1S/C13H24N2O2/c1-17-8-7-15(12-4-5-12)13(16)9-11-3-2-6-14-10-11/h11-12,14H,2-10H2,1H3. The summed E-state index contributed by atoms with van der Waals surface area (Å²) in [6.07, 6.45) is 5.48. The molecule has 1 atom stereocenters. The molecule has 4 nitrogen and oxygen atoms in total. The molecular formula is C13H24N2O2. The summed E-state index contributed by atoms with van der Waals surface area (Å²) in [4.78, 5) is 14.3. The van der Waals surface area contributed by atoms with Crippen molar-refractivity contribution in [3.63, 3.8) is 0 Å². The highest BCUT2D eigenvalue weighted by atomic mass is 16.5. The van der Waals surface area contributed by atoms with Crippen molar-refractivity contribution < 1.29 is 9.53 Å². The first-order chi connectivity index (χ1) is 8.31. The van der Waals surface area contributed by atoms with E-state index in [0.29, 0.717) is 30.9 Å². The van der Waals surface area contributed by atoms with Gasteiger partial charge in [0.05, 0.1) is 6.61 Å². The number of hydrogen-bond donors (Lipinski definition) is 1. The lowest BCUT2D eigenvalue weighted by Crippen LogP contribution is -2.39. The van der Waals surface area contributed by atoms with Gasteiger partial charge in [-0.05, 0) is 44.7 Å². The number of ether oxygens (including phenoxy) is 1. The number of carbonyl (C=O) groups excluding carboxylic acids is 1. The molecule has 1 saturated carbocycles. The molecule has 2 aliphatic rings. The van der Waals surface area contributed by atoms with Crippen molar-refractivity contribution in [2.24, 2.45) is 5.92 Å². The second kappa shape index (κ2) is 6.36. The van der Waals surface area contributed by atoms with Crippen LogP contribution < -0.4 is 5.32 Å². The molecule has 1 N–H and O–H groups in total. The Kier molecular flexibility index (Phi) is 4.80. The van der Waals surface area contributed by atoms with Gasteiger partial charge in [0.2, 0.25) is 5.91 Å². The number of amides is 1. The number of hydrogen-bond acceptors (Lipinski definition) is 3. The lowest BCUT2D eigenvalue weighted by atomic mass is 9.95. The highest BCUT2D eigenvalue weighted by molar-refractivity contribution is 5.77. The number of piperidine rings is 1. The zero-order chi connectivity index (χ0) is 12.1. The van der Waals surface area contributed by atoms with Crippen LogP contribution in [0.25, 0.3) is 0 Å². The van der Waals surface area contributed by atoms with Gasteiger partial charge in [-0.3, -0.25) is 4.79 Å². The van der Waals surface area contributed by atoms with Crippen molar-refractivity contribution in [2.45, 2.75) is 38.1 Å². The highest BCUT2D eigenvalue weighted by Gasteiger charge is 2.33. The fraction of sp³-hybridized carbons (Fsp3) is 0.923. The Hall–Kier alpha value is -0.610. The quantitative estimate of drug-likeness (QED) is 0.753. The predicted octanol–water partition coefficient (Wildman–Crippen LogP) is 1.01. The Morgan fingerprint density at radius 1 is 1.41 bits per heavy atom. The van der Waals surface area contributed by atoms with Crippen LogP contribution in [0.1, 0.15) is 32.1 Å². The Balaban J connectivity index is 1.78. The van der Waals surface area contributed by atoms with Crippen LogP contribution in [0.3, 0.4) is 0 Å². The molecule has 17 heavy (non-hydrogen) atoms. The Morgan fingerprint density at radius 3 is 2.82 bits per heavy atom. The van der Waals surface area contributed by atoms with Gasteiger partial charge in [0, 0.05) is 26.1 Å². The van der Waals surface area contributed by atoms with Crippen LogP contribution in [0.15, 0.2) is 0 Å². The van der Waals surface area contributed by atoms with Crippen molar-refractivity contribution in [3.05, 3.63) is 0 Å². The van der Waals surface area contributed by atoms with Crippen LogP contribution in [0.5, 0.6) is 0 Å². The molecule has 4 heteroatoms. The van der Waals surface area contributed by atoms with E-state index < -0.39 is 0 Å². The lowest BCUT2D eigenvalue weighted by molar-refractivity contribution is -0.133. The second-order valence-corrected chi connectivity index (χ2v) is 5.23. The topological polar surface area (TPSA) is 41.6 Å². The van der Waals surface area contributed by atoms with E-state index in [2.05, 4.69) is 5.32 Å². The van der Waals surface area contributed by atoms with Gasteiger partial charge in [-0.1, -0.05) is 0 Å². The van der Waals surface area contributed by atoms with Crippen molar-refractivity contribution >= 4 is 5.91 Å². The van der Waals surface area contributed by atoms with E-state index in [1.54, 1.807) is 7.11 Å². The first-order valence-electron chi connectivity index (χ1n) is 6.80. The highest BCUT2D eigenvalue weighted by Crippen LogP contribution is 2.28. The molecule has 1 aliphatic carbocycles. The van der Waals surface area contributed by atoms with Crippen LogP contribution in [0, 0.1) is 5.92 Å². The third-order valence-electron chi connectivity index (χ3n) is 3.71. The summed E-state index contributed by atoms with van der Waals surface area (Å²) in [6.45, 7) is 3.54. The number of nitrogens with zero attached hydrogens (tertiary/aromatic N) is 1. The predicted molar refractivity (Wildman–Crippen MR) is 66.8 cm³/mol. The summed E-state index contributed by atoms with van der Waals surface area (Å²) in [7, 11) is 1.70. The maximum atomic E-state index is 12.2. The number of nitrogens with one attached hydrogen (secondary N) is 1. The summed E-state index contributed by atoms with van der Waals surface area (Å²) in [5.74, 6) is 0.873. The first-order valence-corrected chi connectivity index (χ1v) is 6.80. The third kappa shape index (κ3) is 3.96. The van der Waals surface area contributed by atoms with Crippen molar-refractivity contribution in [1.82, 2.24) is 10.2 Å². The summed E-state index contributed by atoms with van der Waals surface area (Å²) >= 11 is 0. The average molecular weight is 240 g/mol. The smallest absolute Gasteiger partial charge is 0.223 e. The zero-order valence-corrected chi connectivity index (χ0v) is 10.8. The van der Waals surface area contributed by atoms with Crippen LogP contribution in [0.2, 0.25) is 0 Å². The van der Waals surface area contributed by atoms with Gasteiger partial charge in [-0.15, -0.1) is 0 Å². The van der Waals surface area contributed by atoms with E-state index in [1.165, 1.54) is 25.7 Å². The minimum Gasteiger partial charge on any atom is -0.383 e. The van der Waals surface area contributed by atoms with Gasteiger partial charge in [-0.25, -0.2) is 0 Å². The summed E-state index contributed by atoms with van der Waals surface area (Å²) in [5.41, 5.74) is 0. The van der Waals surface area contributed by atoms with Gasteiger partial charge in [0.1, 0.15) is 0 Å². The normalized spacial score (nSPS) is 24.6. The summed E-state index contributed by atoms with van der Waals surface area (Å²) in [5, 5.41) is 3.37. The molecule has 2 rings (SSSR count). The monoisotopic (exact) mass is 240 g/mol. The molecule has 0 spiro atoms. The zero-order valence-electron chi connectivity index (χ0n) is 10.8. The molecule has 0 aromatic heterocycles. The molecule has 1 heterocycles. The third-order valence-corrected chi connectivity index (χ3v) is 3.71. The van der Waals surface area contributed by atoms with Crippen molar-refractivity contribution in [3.8, 4) is 0 Å². The molecule has 0 aromatic rings. The largest absolute Gasteiger partial charge is 0.383 e. The average Bonchev–Trinajstić information content (AvgIpc) is 3.15. The van der Waals surface area contributed by atoms with Crippen LogP contribution in [-0.4, -0.2) is 50.2 Å². The molecule has 1 aliphatic heterocycles. The number of methoxy groups -OCH3 is 1. The van der Waals surface area contributed by atoms with Gasteiger partial charge in [-0.2, -0.15) is 0 Å². The molecule has 0 bridgehead atoms. The molecule has 1 amide bonds. The van der Waals surface area contributed by atoms with Gasteiger partial charge >= 0.3 is 0 Å². The minimum absolute atomic E-state index is 0.332. The van der Waals surface area contributed by atoms with Crippen LogP contribution >= 0.6 is 0 Å².